The van der Waals surface area contributed by atoms with Gasteiger partial charge in [-0.05, 0) is 18.3 Å². The molecule has 0 saturated heterocycles. The van der Waals surface area contributed by atoms with Gasteiger partial charge in [-0.2, -0.15) is 0 Å². The molecule has 0 spiro atoms. The van der Waals surface area contributed by atoms with Crippen LogP contribution in [0.25, 0.3) is 0 Å². The van der Waals surface area contributed by atoms with Gasteiger partial charge in [-0.3, -0.25) is 0 Å². The molecule has 0 aromatic rings. The quantitative estimate of drug-likeness (QED) is 0.616. The topological polar surface area (TPSA) is 20.2 Å². The normalized spacial score (nSPS) is 21.9. The molecule has 1 fully saturated rings. The molecule has 1 aliphatic carbocycles. The molecule has 1 aliphatic rings. The predicted octanol–water partition coefficient (Wildman–Crippen LogP) is 2.36. The number of aliphatic hydroxyl groups is 1. The Kier molecular flexibility index (Phi) is 3.64. The minimum atomic E-state index is 0.278. The van der Waals surface area contributed by atoms with Crippen LogP contribution in [0.1, 0.15) is 32.1 Å². The lowest BCUT2D eigenvalue weighted by molar-refractivity contribution is 0.230. The smallest absolute Gasteiger partial charge is 0.0493 e. The average Bonchev–Trinajstić information content (AvgIpc) is 2.52. The molecule has 1 N–H and O–H groups in total. The summed E-state index contributed by atoms with van der Waals surface area (Å²) in [5.74, 6) is 1.21. The Hall–Kier alpha value is -0.300. The zero-order chi connectivity index (χ0) is 8.10. The molecule has 1 rings (SSSR count). The summed E-state index contributed by atoms with van der Waals surface area (Å²) in [6.45, 7) is 3.99. The lowest BCUT2D eigenvalue weighted by Crippen LogP contribution is -2.07. The second kappa shape index (κ2) is 4.55. The SMILES string of the molecule is C=C[C@H](CO)CC1CCCC1. The van der Waals surface area contributed by atoms with E-state index in [1.807, 2.05) is 6.08 Å². The van der Waals surface area contributed by atoms with E-state index in [0.717, 1.165) is 12.3 Å². The lowest BCUT2D eigenvalue weighted by Gasteiger charge is -2.13. The van der Waals surface area contributed by atoms with Crippen molar-refractivity contribution in [1.29, 1.82) is 0 Å². The first-order valence-electron chi connectivity index (χ1n) is 4.60. The minimum absolute atomic E-state index is 0.278. The molecule has 0 amide bonds. The van der Waals surface area contributed by atoms with Gasteiger partial charge in [0.1, 0.15) is 0 Å². The van der Waals surface area contributed by atoms with E-state index in [1.54, 1.807) is 0 Å². The minimum Gasteiger partial charge on any atom is -0.396 e. The first-order chi connectivity index (χ1) is 5.36. The largest absolute Gasteiger partial charge is 0.396 e. The molecule has 0 unspecified atom stereocenters. The summed E-state index contributed by atoms with van der Waals surface area (Å²) < 4.78 is 0. The Morgan fingerprint density at radius 1 is 1.45 bits per heavy atom. The van der Waals surface area contributed by atoms with Gasteiger partial charge in [0.05, 0.1) is 0 Å². The molecule has 1 saturated carbocycles. The maximum Gasteiger partial charge on any atom is 0.0493 e. The summed E-state index contributed by atoms with van der Waals surface area (Å²) in [4.78, 5) is 0. The summed E-state index contributed by atoms with van der Waals surface area (Å²) in [7, 11) is 0. The van der Waals surface area contributed by atoms with Gasteiger partial charge in [-0.25, -0.2) is 0 Å². The zero-order valence-corrected chi connectivity index (χ0v) is 7.13. The monoisotopic (exact) mass is 154 g/mol. The highest BCUT2D eigenvalue weighted by Gasteiger charge is 2.17. The van der Waals surface area contributed by atoms with Gasteiger partial charge < -0.3 is 5.11 Å². The summed E-state index contributed by atoms with van der Waals surface area (Å²) in [6.07, 6.45) is 8.55. The van der Waals surface area contributed by atoms with Gasteiger partial charge in [-0.15, -0.1) is 6.58 Å². The van der Waals surface area contributed by atoms with Crippen LogP contribution >= 0.6 is 0 Å². The summed E-state index contributed by atoms with van der Waals surface area (Å²) in [6, 6.07) is 0. The summed E-state index contributed by atoms with van der Waals surface area (Å²) >= 11 is 0. The maximum absolute atomic E-state index is 8.92. The fourth-order valence-corrected chi connectivity index (χ4v) is 1.92. The number of aliphatic hydroxyl groups excluding tert-OH is 1. The van der Waals surface area contributed by atoms with E-state index in [9.17, 15) is 0 Å². The molecule has 0 heterocycles. The zero-order valence-electron chi connectivity index (χ0n) is 7.13. The Morgan fingerprint density at radius 2 is 2.09 bits per heavy atom. The van der Waals surface area contributed by atoms with Gasteiger partial charge in [-0.1, -0.05) is 31.8 Å². The molecule has 1 heteroatoms. The van der Waals surface area contributed by atoms with E-state index in [-0.39, 0.29) is 6.61 Å². The fourth-order valence-electron chi connectivity index (χ4n) is 1.92. The van der Waals surface area contributed by atoms with E-state index in [0.29, 0.717) is 5.92 Å². The van der Waals surface area contributed by atoms with Crippen LogP contribution in [-0.4, -0.2) is 11.7 Å². The molecule has 0 aromatic carbocycles. The Labute approximate surface area is 69.1 Å². The number of hydrogen-bond acceptors (Lipinski definition) is 1. The molecule has 0 radical (unpaired) electrons. The second-order valence-electron chi connectivity index (χ2n) is 3.56. The van der Waals surface area contributed by atoms with Crippen LogP contribution < -0.4 is 0 Å². The van der Waals surface area contributed by atoms with E-state index in [4.69, 9.17) is 5.11 Å². The Balaban J connectivity index is 2.21. The Morgan fingerprint density at radius 3 is 2.55 bits per heavy atom. The number of hydrogen-bond donors (Lipinski definition) is 1. The van der Waals surface area contributed by atoms with Crippen molar-refractivity contribution in [2.24, 2.45) is 11.8 Å². The summed E-state index contributed by atoms with van der Waals surface area (Å²) in [5.41, 5.74) is 0. The third kappa shape index (κ3) is 2.66. The van der Waals surface area contributed by atoms with Crippen LogP contribution in [0.3, 0.4) is 0 Å². The van der Waals surface area contributed by atoms with Crippen molar-refractivity contribution in [1.82, 2.24) is 0 Å². The van der Waals surface area contributed by atoms with E-state index in [2.05, 4.69) is 6.58 Å². The molecule has 0 aromatic heterocycles. The van der Waals surface area contributed by atoms with Gasteiger partial charge in [0, 0.05) is 6.61 Å². The van der Waals surface area contributed by atoms with Gasteiger partial charge in [0.25, 0.3) is 0 Å². The number of rotatable bonds is 4. The molecule has 11 heavy (non-hydrogen) atoms. The van der Waals surface area contributed by atoms with Crippen LogP contribution in [0.2, 0.25) is 0 Å². The van der Waals surface area contributed by atoms with Crippen molar-refractivity contribution in [3.05, 3.63) is 12.7 Å². The third-order valence-corrected chi connectivity index (χ3v) is 2.68. The predicted molar refractivity (Wildman–Crippen MR) is 47.3 cm³/mol. The highest BCUT2D eigenvalue weighted by molar-refractivity contribution is 4.82. The highest BCUT2D eigenvalue weighted by Crippen LogP contribution is 2.30. The van der Waals surface area contributed by atoms with Crippen molar-refractivity contribution in [3.8, 4) is 0 Å². The van der Waals surface area contributed by atoms with E-state index in [1.165, 1.54) is 25.7 Å². The van der Waals surface area contributed by atoms with Crippen LogP contribution in [0.15, 0.2) is 12.7 Å². The van der Waals surface area contributed by atoms with Crippen LogP contribution in [0.4, 0.5) is 0 Å². The molecule has 64 valence electrons. The molecule has 1 nitrogen and oxygen atoms in total. The molecule has 0 bridgehead atoms. The van der Waals surface area contributed by atoms with Crippen molar-refractivity contribution < 1.29 is 5.11 Å². The van der Waals surface area contributed by atoms with Crippen LogP contribution in [-0.2, 0) is 0 Å². The van der Waals surface area contributed by atoms with Crippen LogP contribution in [0.5, 0.6) is 0 Å². The lowest BCUT2D eigenvalue weighted by atomic mass is 9.94. The van der Waals surface area contributed by atoms with Crippen molar-refractivity contribution >= 4 is 0 Å². The highest BCUT2D eigenvalue weighted by atomic mass is 16.3. The fraction of sp³-hybridized carbons (Fsp3) is 0.800. The van der Waals surface area contributed by atoms with Crippen molar-refractivity contribution in [3.63, 3.8) is 0 Å². The van der Waals surface area contributed by atoms with Gasteiger partial charge >= 0.3 is 0 Å². The van der Waals surface area contributed by atoms with E-state index < -0.39 is 0 Å². The standard InChI is InChI=1S/C10H18O/c1-2-9(8-11)7-10-5-3-4-6-10/h2,9-11H,1,3-8H2/t9-/m0/s1. The molecule has 1 atom stereocenters. The first kappa shape index (κ1) is 8.79. The molecule has 0 aliphatic heterocycles. The van der Waals surface area contributed by atoms with Gasteiger partial charge in [0.2, 0.25) is 0 Å². The average molecular weight is 154 g/mol. The molecular weight excluding hydrogens is 136 g/mol. The van der Waals surface area contributed by atoms with Gasteiger partial charge in [0.15, 0.2) is 0 Å². The third-order valence-electron chi connectivity index (χ3n) is 2.68. The van der Waals surface area contributed by atoms with Crippen molar-refractivity contribution in [2.45, 2.75) is 32.1 Å². The van der Waals surface area contributed by atoms with E-state index >= 15 is 0 Å². The Bertz CT molecular complexity index is 114. The second-order valence-corrected chi connectivity index (χ2v) is 3.56. The summed E-state index contributed by atoms with van der Waals surface area (Å²) in [5, 5.41) is 8.92. The van der Waals surface area contributed by atoms with Crippen molar-refractivity contribution in [2.75, 3.05) is 6.61 Å². The first-order valence-corrected chi connectivity index (χ1v) is 4.60. The van der Waals surface area contributed by atoms with Crippen LogP contribution in [0, 0.1) is 11.8 Å². The maximum atomic E-state index is 8.92. The molecular formula is C10H18O.